The highest BCUT2D eigenvalue weighted by Crippen LogP contribution is 2.27. The van der Waals surface area contributed by atoms with E-state index in [9.17, 15) is 8.42 Å². The molecule has 0 bridgehead atoms. The molecule has 2 heterocycles. The first-order valence-electron chi connectivity index (χ1n) is 6.79. The topological polar surface area (TPSA) is 76.7 Å². The highest BCUT2D eigenvalue weighted by Gasteiger charge is 2.36. The predicted molar refractivity (Wildman–Crippen MR) is 82.2 cm³/mol. The number of hydrogen-bond donors (Lipinski definition) is 2. The summed E-state index contributed by atoms with van der Waals surface area (Å²) in [5.74, 6) is 0. The third-order valence-corrected chi connectivity index (χ3v) is 6.36. The first kappa shape index (κ1) is 16.9. The summed E-state index contributed by atoms with van der Waals surface area (Å²) in [7, 11) is -0.103. The lowest BCUT2D eigenvalue weighted by Gasteiger charge is -2.25. The predicted octanol–water partition coefficient (Wildman–Crippen LogP) is 0.860. The van der Waals surface area contributed by atoms with Gasteiger partial charge in [-0.25, -0.2) is 13.1 Å². The van der Waals surface area contributed by atoms with Gasteiger partial charge in [-0.1, -0.05) is 0 Å². The van der Waals surface area contributed by atoms with Gasteiger partial charge in [0.25, 0.3) is 0 Å². The fraction of sp³-hybridized carbons (Fsp3) is 0.692. The van der Waals surface area contributed by atoms with Gasteiger partial charge in [-0.3, -0.25) is 0 Å². The van der Waals surface area contributed by atoms with Crippen LogP contribution in [-0.2, 0) is 26.0 Å². The minimum absolute atomic E-state index is 0.225. The summed E-state index contributed by atoms with van der Waals surface area (Å²) in [6.45, 7) is 3.72. The van der Waals surface area contributed by atoms with Crippen LogP contribution in [0.3, 0.4) is 0 Å². The van der Waals surface area contributed by atoms with E-state index in [1.807, 2.05) is 14.0 Å². The molecule has 1 saturated heterocycles. The number of rotatable bonds is 7. The van der Waals surface area contributed by atoms with E-state index < -0.39 is 15.6 Å². The Morgan fingerprint density at radius 3 is 2.86 bits per heavy atom. The molecule has 1 fully saturated rings. The largest absolute Gasteiger partial charge is 0.378 e. The minimum Gasteiger partial charge on any atom is -0.378 e. The normalized spacial score (nSPS) is 22.8. The van der Waals surface area contributed by atoms with Crippen molar-refractivity contribution in [2.24, 2.45) is 0 Å². The zero-order valence-corrected chi connectivity index (χ0v) is 14.2. The second-order valence-corrected chi connectivity index (χ2v) is 8.25. The number of aryl methyl sites for hydroxylation is 1. The highest BCUT2D eigenvalue weighted by atomic mass is 32.2. The number of thiophene rings is 1. The van der Waals surface area contributed by atoms with Crippen molar-refractivity contribution in [1.29, 1.82) is 0 Å². The highest BCUT2D eigenvalue weighted by molar-refractivity contribution is 7.89. The van der Waals surface area contributed by atoms with Crippen molar-refractivity contribution in [3.8, 4) is 0 Å². The Labute approximate surface area is 129 Å². The smallest absolute Gasteiger partial charge is 0.241 e. The average molecular weight is 334 g/mol. The van der Waals surface area contributed by atoms with E-state index in [1.54, 1.807) is 13.2 Å². The Balaban J connectivity index is 2.11. The van der Waals surface area contributed by atoms with Crippen molar-refractivity contribution < 1.29 is 17.9 Å². The lowest BCUT2D eigenvalue weighted by molar-refractivity contribution is -0.0120. The van der Waals surface area contributed by atoms with Gasteiger partial charge in [-0.15, -0.1) is 11.3 Å². The molecule has 6 nitrogen and oxygen atoms in total. The van der Waals surface area contributed by atoms with E-state index in [1.165, 1.54) is 11.3 Å². The van der Waals surface area contributed by atoms with Gasteiger partial charge < -0.3 is 14.8 Å². The Bertz CT molecular complexity index is 577. The van der Waals surface area contributed by atoms with E-state index in [0.29, 0.717) is 31.1 Å². The third kappa shape index (κ3) is 3.82. The summed E-state index contributed by atoms with van der Waals surface area (Å²) < 4.78 is 38.3. The second-order valence-electron chi connectivity index (χ2n) is 5.18. The number of hydrogen-bond acceptors (Lipinski definition) is 6. The van der Waals surface area contributed by atoms with E-state index in [-0.39, 0.29) is 6.54 Å². The summed E-state index contributed by atoms with van der Waals surface area (Å²) in [5.41, 5.74) is -0.551. The van der Waals surface area contributed by atoms with Crippen LogP contribution in [0.15, 0.2) is 11.0 Å². The molecule has 1 unspecified atom stereocenters. The molecule has 1 aliphatic rings. The van der Waals surface area contributed by atoms with Crippen LogP contribution < -0.4 is 10.0 Å². The Morgan fingerprint density at radius 2 is 2.29 bits per heavy atom. The first-order chi connectivity index (χ1) is 9.92. The van der Waals surface area contributed by atoms with Gasteiger partial charge in [0.15, 0.2) is 0 Å². The van der Waals surface area contributed by atoms with Crippen LogP contribution in [0.1, 0.15) is 16.2 Å². The Hall–Kier alpha value is -0.510. The Kier molecular flexibility index (Phi) is 5.39. The van der Waals surface area contributed by atoms with Gasteiger partial charge in [0, 0.05) is 43.0 Å². The first-order valence-corrected chi connectivity index (χ1v) is 9.09. The number of nitrogens with one attached hydrogen (secondary N) is 2. The fourth-order valence-electron chi connectivity index (χ4n) is 2.32. The van der Waals surface area contributed by atoms with Crippen molar-refractivity contribution in [2.45, 2.75) is 30.4 Å². The molecule has 0 radical (unpaired) electrons. The van der Waals surface area contributed by atoms with E-state index >= 15 is 0 Å². The fourth-order valence-corrected chi connectivity index (χ4v) is 5.08. The maximum atomic E-state index is 12.5. The lowest BCUT2D eigenvalue weighted by Crippen LogP contribution is -2.44. The van der Waals surface area contributed by atoms with Gasteiger partial charge in [0.2, 0.25) is 10.0 Å². The quantitative estimate of drug-likeness (QED) is 0.773. The molecule has 21 heavy (non-hydrogen) atoms. The van der Waals surface area contributed by atoms with Crippen LogP contribution in [0.25, 0.3) is 0 Å². The summed E-state index contributed by atoms with van der Waals surface area (Å²) >= 11 is 1.49. The molecule has 2 rings (SSSR count). The summed E-state index contributed by atoms with van der Waals surface area (Å²) in [6.07, 6.45) is 0.694. The zero-order chi connectivity index (χ0) is 15.5. The molecule has 0 amide bonds. The van der Waals surface area contributed by atoms with Crippen molar-refractivity contribution in [1.82, 2.24) is 10.0 Å². The number of ether oxygens (including phenoxy) is 2. The van der Waals surface area contributed by atoms with Crippen LogP contribution >= 0.6 is 11.3 Å². The molecule has 0 saturated carbocycles. The molecule has 1 aromatic rings. The van der Waals surface area contributed by atoms with E-state index in [2.05, 4.69) is 10.0 Å². The number of methoxy groups -OCH3 is 1. The van der Waals surface area contributed by atoms with Gasteiger partial charge in [0.05, 0.1) is 11.5 Å². The van der Waals surface area contributed by atoms with Crippen LogP contribution in [0.2, 0.25) is 0 Å². The standard InChI is InChI=1S/C13H22N2O4S2/c1-10-12(6-11(20-10)7-14-2)21(16,17)15-8-13(18-3)4-5-19-9-13/h6,14-15H,4-5,7-9H2,1-3H3. The van der Waals surface area contributed by atoms with Crippen molar-refractivity contribution in [2.75, 3.05) is 33.9 Å². The molecule has 1 atom stereocenters. The van der Waals surface area contributed by atoms with Gasteiger partial charge in [-0.05, 0) is 20.0 Å². The molecule has 0 aromatic carbocycles. The van der Waals surface area contributed by atoms with Crippen molar-refractivity contribution in [3.63, 3.8) is 0 Å². The number of sulfonamides is 1. The zero-order valence-electron chi connectivity index (χ0n) is 12.6. The van der Waals surface area contributed by atoms with E-state index in [0.717, 1.165) is 9.75 Å². The van der Waals surface area contributed by atoms with Crippen LogP contribution in [0.5, 0.6) is 0 Å². The summed E-state index contributed by atoms with van der Waals surface area (Å²) in [6, 6.07) is 1.73. The van der Waals surface area contributed by atoms with Gasteiger partial charge in [-0.2, -0.15) is 0 Å². The molecule has 120 valence electrons. The van der Waals surface area contributed by atoms with E-state index in [4.69, 9.17) is 9.47 Å². The third-order valence-electron chi connectivity index (χ3n) is 3.65. The molecule has 0 aliphatic carbocycles. The monoisotopic (exact) mass is 334 g/mol. The molecule has 2 N–H and O–H groups in total. The average Bonchev–Trinajstić information content (AvgIpc) is 3.05. The SMILES string of the molecule is CNCc1cc(S(=O)(=O)NCC2(OC)CCOC2)c(C)s1. The van der Waals surface area contributed by atoms with Gasteiger partial charge >= 0.3 is 0 Å². The van der Waals surface area contributed by atoms with Crippen LogP contribution in [0.4, 0.5) is 0 Å². The Morgan fingerprint density at radius 1 is 1.52 bits per heavy atom. The molecule has 1 aromatic heterocycles. The van der Waals surface area contributed by atoms with Crippen LogP contribution in [-0.4, -0.2) is 47.9 Å². The molecule has 1 aliphatic heterocycles. The maximum Gasteiger partial charge on any atom is 0.241 e. The summed E-state index contributed by atoms with van der Waals surface area (Å²) in [5, 5.41) is 3.03. The molecular formula is C13H22N2O4S2. The van der Waals surface area contributed by atoms with Crippen molar-refractivity contribution in [3.05, 3.63) is 15.8 Å². The second kappa shape index (κ2) is 6.72. The van der Waals surface area contributed by atoms with Crippen LogP contribution in [0, 0.1) is 6.92 Å². The summed E-state index contributed by atoms with van der Waals surface area (Å²) in [4.78, 5) is 2.14. The lowest BCUT2D eigenvalue weighted by atomic mass is 10.0. The van der Waals surface area contributed by atoms with Crippen molar-refractivity contribution >= 4 is 21.4 Å². The molecule has 0 spiro atoms. The molecular weight excluding hydrogens is 312 g/mol. The maximum absolute atomic E-state index is 12.5. The minimum atomic E-state index is -3.53. The van der Waals surface area contributed by atoms with Gasteiger partial charge in [0.1, 0.15) is 5.60 Å². The molecule has 8 heteroatoms.